The van der Waals surface area contributed by atoms with Crippen LogP contribution in [0, 0.1) is 10.1 Å². The van der Waals surface area contributed by atoms with Crippen LogP contribution in [0.5, 0.6) is 0 Å². The Labute approximate surface area is 114 Å². The van der Waals surface area contributed by atoms with Crippen LogP contribution >= 0.6 is 0 Å². The number of fused-ring (bicyclic) bond motifs is 1. The highest BCUT2D eigenvalue weighted by atomic mass is 32.2. The Hall–Kier alpha value is -2.00. The quantitative estimate of drug-likeness (QED) is 0.548. The van der Waals surface area contributed by atoms with Gasteiger partial charge in [-0.1, -0.05) is 0 Å². The van der Waals surface area contributed by atoms with Crippen LogP contribution in [-0.4, -0.2) is 50.4 Å². The molecule has 3 rings (SSSR count). The summed E-state index contributed by atoms with van der Waals surface area (Å²) in [6.45, 7) is 2.10. The van der Waals surface area contributed by atoms with Crippen molar-refractivity contribution in [3.8, 4) is 0 Å². The van der Waals surface area contributed by atoms with Gasteiger partial charge in [0.1, 0.15) is 4.90 Å². The first-order chi connectivity index (χ1) is 9.49. The third-order valence-corrected chi connectivity index (χ3v) is 4.52. The minimum absolute atomic E-state index is 0.104. The van der Waals surface area contributed by atoms with Crippen LogP contribution in [-0.2, 0) is 14.8 Å². The predicted molar refractivity (Wildman–Crippen MR) is 69.2 cm³/mol. The van der Waals surface area contributed by atoms with Crippen LogP contribution in [0.25, 0.3) is 0 Å². The van der Waals surface area contributed by atoms with Crippen molar-refractivity contribution in [2.24, 2.45) is 4.40 Å². The number of morpholine rings is 1. The highest BCUT2D eigenvalue weighted by Crippen LogP contribution is 2.31. The molecule has 8 nitrogen and oxygen atoms in total. The highest BCUT2D eigenvalue weighted by molar-refractivity contribution is 7.90. The molecule has 0 N–H and O–H groups in total. The van der Waals surface area contributed by atoms with E-state index in [0.29, 0.717) is 37.7 Å². The van der Waals surface area contributed by atoms with Crippen molar-refractivity contribution in [2.75, 3.05) is 26.3 Å². The summed E-state index contributed by atoms with van der Waals surface area (Å²) in [6.07, 6.45) is 0. The standard InChI is InChI=1S/C11H11N3O5S/c15-14(16)8-1-2-9-10(7-8)20(17,18)12-11(9)13-3-5-19-6-4-13/h1-2,7H,3-6H2. The van der Waals surface area contributed by atoms with Gasteiger partial charge in [-0.15, -0.1) is 4.40 Å². The molecule has 0 bridgehead atoms. The van der Waals surface area contributed by atoms with E-state index in [1.54, 1.807) is 0 Å². The van der Waals surface area contributed by atoms with Crippen LogP contribution in [0.1, 0.15) is 5.56 Å². The highest BCUT2D eigenvalue weighted by Gasteiger charge is 2.34. The fourth-order valence-electron chi connectivity index (χ4n) is 2.24. The van der Waals surface area contributed by atoms with Gasteiger partial charge in [0.2, 0.25) is 0 Å². The van der Waals surface area contributed by atoms with Crippen LogP contribution in [0.2, 0.25) is 0 Å². The molecule has 0 aromatic heterocycles. The summed E-state index contributed by atoms with van der Waals surface area (Å²) in [5.41, 5.74) is 0.156. The zero-order valence-electron chi connectivity index (χ0n) is 10.4. The molecule has 106 valence electrons. The molecule has 0 saturated carbocycles. The number of nitrogens with zero attached hydrogens (tertiary/aromatic N) is 3. The minimum atomic E-state index is -3.86. The van der Waals surface area contributed by atoms with Crippen molar-refractivity contribution in [2.45, 2.75) is 4.90 Å². The third-order valence-electron chi connectivity index (χ3n) is 3.21. The summed E-state index contributed by atoms with van der Waals surface area (Å²) in [6, 6.07) is 3.78. The number of amidine groups is 1. The molecule has 20 heavy (non-hydrogen) atoms. The minimum Gasteiger partial charge on any atom is -0.378 e. The first-order valence-electron chi connectivity index (χ1n) is 5.95. The lowest BCUT2D eigenvalue weighted by Crippen LogP contribution is -2.40. The molecule has 9 heteroatoms. The van der Waals surface area contributed by atoms with Gasteiger partial charge in [0, 0.05) is 30.8 Å². The topological polar surface area (TPSA) is 102 Å². The lowest BCUT2D eigenvalue weighted by Gasteiger charge is -2.28. The van der Waals surface area contributed by atoms with Crippen LogP contribution in [0.15, 0.2) is 27.5 Å². The zero-order valence-corrected chi connectivity index (χ0v) is 11.2. The number of nitro benzene ring substituents is 1. The van der Waals surface area contributed by atoms with Gasteiger partial charge < -0.3 is 9.64 Å². The largest absolute Gasteiger partial charge is 0.378 e. The summed E-state index contributed by atoms with van der Waals surface area (Å²) in [7, 11) is -3.86. The molecular weight excluding hydrogens is 286 g/mol. The lowest BCUT2D eigenvalue weighted by molar-refractivity contribution is -0.385. The van der Waals surface area contributed by atoms with Gasteiger partial charge in [-0.3, -0.25) is 10.1 Å². The van der Waals surface area contributed by atoms with E-state index in [0.717, 1.165) is 6.07 Å². The first kappa shape index (κ1) is 13.0. The predicted octanol–water partition coefficient (Wildman–Crippen LogP) is 0.376. The Morgan fingerprint density at radius 2 is 2.00 bits per heavy atom. The molecule has 1 aromatic rings. The van der Waals surface area contributed by atoms with Gasteiger partial charge >= 0.3 is 0 Å². The van der Waals surface area contributed by atoms with Gasteiger partial charge in [0.15, 0.2) is 5.84 Å². The maximum atomic E-state index is 12.0. The maximum Gasteiger partial charge on any atom is 0.285 e. The first-order valence-corrected chi connectivity index (χ1v) is 7.39. The molecule has 0 spiro atoms. The maximum absolute atomic E-state index is 12.0. The Bertz CT molecular complexity index is 707. The van der Waals surface area contributed by atoms with Gasteiger partial charge in [-0.2, -0.15) is 8.42 Å². The van der Waals surface area contributed by atoms with Crippen LogP contribution in [0.4, 0.5) is 5.69 Å². The van der Waals surface area contributed by atoms with Crippen molar-refractivity contribution in [1.29, 1.82) is 0 Å². The molecule has 1 saturated heterocycles. The average molecular weight is 297 g/mol. The fourth-order valence-corrected chi connectivity index (χ4v) is 3.48. The second kappa shape index (κ2) is 4.53. The molecule has 0 aliphatic carbocycles. The number of ether oxygens (including phenoxy) is 1. The Balaban J connectivity index is 2.07. The summed E-state index contributed by atoms with van der Waals surface area (Å²) >= 11 is 0. The summed E-state index contributed by atoms with van der Waals surface area (Å²) < 4.78 is 33.0. The zero-order chi connectivity index (χ0) is 14.3. The van der Waals surface area contributed by atoms with E-state index in [4.69, 9.17) is 4.74 Å². The van der Waals surface area contributed by atoms with Crippen molar-refractivity contribution in [1.82, 2.24) is 4.90 Å². The molecule has 0 unspecified atom stereocenters. The number of nitro groups is 1. The van der Waals surface area contributed by atoms with Gasteiger partial charge in [-0.25, -0.2) is 0 Å². The Morgan fingerprint density at radius 3 is 2.65 bits per heavy atom. The molecular formula is C11H11N3O5S. The molecule has 2 aliphatic rings. The molecule has 1 aromatic carbocycles. The van der Waals surface area contributed by atoms with Crippen LogP contribution in [0.3, 0.4) is 0 Å². The van der Waals surface area contributed by atoms with Gasteiger partial charge in [0.05, 0.1) is 18.1 Å². The number of sulfonamides is 1. The molecule has 0 atom stereocenters. The van der Waals surface area contributed by atoms with Gasteiger partial charge in [-0.05, 0) is 6.07 Å². The summed E-state index contributed by atoms with van der Waals surface area (Å²) in [4.78, 5) is 11.8. The van der Waals surface area contributed by atoms with Crippen molar-refractivity contribution < 1.29 is 18.1 Å². The van der Waals surface area contributed by atoms with E-state index in [1.165, 1.54) is 12.1 Å². The SMILES string of the molecule is O=[N+]([O-])c1ccc2c(c1)S(=O)(=O)N=C2N1CCOCC1. The summed E-state index contributed by atoms with van der Waals surface area (Å²) in [5, 5.41) is 10.7. The van der Waals surface area contributed by atoms with Crippen LogP contribution < -0.4 is 0 Å². The third kappa shape index (κ3) is 2.04. The number of hydrogen-bond donors (Lipinski definition) is 0. The van der Waals surface area contributed by atoms with E-state index in [1.807, 2.05) is 4.90 Å². The molecule has 2 aliphatic heterocycles. The fraction of sp³-hybridized carbons (Fsp3) is 0.364. The molecule has 0 radical (unpaired) electrons. The van der Waals surface area contributed by atoms with Crippen molar-refractivity contribution in [3.63, 3.8) is 0 Å². The number of benzene rings is 1. The second-order valence-corrected chi connectivity index (χ2v) is 6.00. The lowest BCUT2D eigenvalue weighted by atomic mass is 10.1. The Kier molecular flexibility index (Phi) is 2.94. The Morgan fingerprint density at radius 1 is 1.30 bits per heavy atom. The van der Waals surface area contributed by atoms with E-state index >= 15 is 0 Å². The van der Waals surface area contributed by atoms with Gasteiger partial charge in [0.25, 0.3) is 15.7 Å². The number of hydrogen-bond acceptors (Lipinski definition) is 6. The van der Waals surface area contributed by atoms with Crippen molar-refractivity contribution in [3.05, 3.63) is 33.9 Å². The van der Waals surface area contributed by atoms with E-state index in [9.17, 15) is 18.5 Å². The van der Waals surface area contributed by atoms with E-state index in [2.05, 4.69) is 4.40 Å². The number of rotatable bonds is 1. The van der Waals surface area contributed by atoms with E-state index in [-0.39, 0.29) is 10.6 Å². The van der Waals surface area contributed by atoms with Crippen molar-refractivity contribution >= 4 is 21.5 Å². The van der Waals surface area contributed by atoms with E-state index < -0.39 is 14.9 Å². The molecule has 1 fully saturated rings. The molecule has 2 heterocycles. The summed E-state index contributed by atoms with van der Waals surface area (Å²) in [5.74, 6) is 0.346. The monoisotopic (exact) mass is 297 g/mol. The smallest absolute Gasteiger partial charge is 0.285 e. The normalized spacial score (nSPS) is 20.4. The average Bonchev–Trinajstić information content (AvgIpc) is 2.71. The number of non-ortho nitro benzene ring substituents is 1. The second-order valence-electron chi connectivity index (χ2n) is 4.43. The molecule has 0 amide bonds.